The van der Waals surface area contributed by atoms with Gasteiger partial charge in [-0.2, -0.15) is 0 Å². The Labute approximate surface area is 177 Å². The molecule has 1 amide bonds. The Balaban J connectivity index is 1.19. The molecule has 2 fully saturated rings. The lowest BCUT2D eigenvalue weighted by atomic mass is 9.78. The lowest BCUT2D eigenvalue weighted by Crippen LogP contribution is -2.52. The number of carbonyl (C=O) groups is 1. The van der Waals surface area contributed by atoms with Gasteiger partial charge in [-0.05, 0) is 78.8 Å². The summed E-state index contributed by atoms with van der Waals surface area (Å²) in [6.45, 7) is 1.31. The summed E-state index contributed by atoms with van der Waals surface area (Å²) in [4.78, 5) is 14.6. The maximum Gasteiger partial charge on any atom is 0.239 e. The molecular weight excluding hydrogens is 380 g/mol. The summed E-state index contributed by atoms with van der Waals surface area (Å²) < 4.78 is 6.00. The number of benzene rings is 1. The van der Waals surface area contributed by atoms with Gasteiger partial charge in [-0.3, -0.25) is 4.79 Å². The zero-order valence-electron chi connectivity index (χ0n) is 17.7. The van der Waals surface area contributed by atoms with Crippen molar-refractivity contribution in [1.82, 2.24) is 25.5 Å². The van der Waals surface area contributed by atoms with Crippen molar-refractivity contribution in [2.24, 2.45) is 17.6 Å². The lowest BCUT2D eigenvalue weighted by molar-refractivity contribution is -0.136. The van der Waals surface area contributed by atoms with Crippen molar-refractivity contribution in [3.63, 3.8) is 0 Å². The standard InChI is InChI=1S/C22H32N6O2/c1-28(19-6-3-7-19)22(29)20(23)17-10-8-15(9-11-17)13-30-14-16-4-2-5-18(12-16)21-24-26-27-25-21/h2,4-5,12,15,17,19-20H,3,6-11,13-14,23H2,1H3,(H,24,25,26,27)/t15?,17?,20-/m0/s1. The minimum absolute atomic E-state index is 0.126. The highest BCUT2D eigenvalue weighted by molar-refractivity contribution is 5.82. The SMILES string of the molecule is CN(C(=O)[C@@H](N)C1CCC(COCc2cccc(-c3nnn[nH]3)c2)CC1)C1CCC1. The second-order valence-corrected chi connectivity index (χ2v) is 8.81. The molecular formula is C22H32N6O2. The van der Waals surface area contributed by atoms with Crippen LogP contribution in [0, 0.1) is 11.8 Å². The van der Waals surface area contributed by atoms with Gasteiger partial charge in [0.1, 0.15) is 0 Å². The molecule has 4 rings (SSSR count). The van der Waals surface area contributed by atoms with E-state index in [1.54, 1.807) is 0 Å². The van der Waals surface area contributed by atoms with Crippen LogP contribution in [0.5, 0.6) is 0 Å². The Morgan fingerprint density at radius 2 is 2.07 bits per heavy atom. The van der Waals surface area contributed by atoms with Crippen molar-refractivity contribution < 1.29 is 9.53 Å². The van der Waals surface area contributed by atoms with Crippen molar-refractivity contribution in [3.8, 4) is 11.4 Å². The van der Waals surface area contributed by atoms with Gasteiger partial charge in [-0.1, -0.05) is 18.2 Å². The second kappa shape index (κ2) is 9.66. The Bertz CT molecular complexity index is 815. The van der Waals surface area contributed by atoms with Gasteiger partial charge in [-0.25, -0.2) is 5.10 Å². The van der Waals surface area contributed by atoms with Crippen LogP contribution in [0.1, 0.15) is 50.5 Å². The number of hydrogen-bond donors (Lipinski definition) is 2. The fourth-order valence-electron chi connectivity index (χ4n) is 4.54. The number of hydrogen-bond acceptors (Lipinski definition) is 6. The summed E-state index contributed by atoms with van der Waals surface area (Å²) in [5, 5.41) is 14.0. The van der Waals surface area contributed by atoms with Crippen molar-refractivity contribution in [1.29, 1.82) is 0 Å². The highest BCUT2D eigenvalue weighted by Gasteiger charge is 2.34. The van der Waals surface area contributed by atoms with E-state index in [9.17, 15) is 4.79 Å². The van der Waals surface area contributed by atoms with E-state index in [0.717, 1.165) is 56.3 Å². The van der Waals surface area contributed by atoms with E-state index >= 15 is 0 Å². The molecule has 1 heterocycles. The monoisotopic (exact) mass is 412 g/mol. The number of ether oxygens (including phenoxy) is 1. The smallest absolute Gasteiger partial charge is 0.239 e. The van der Waals surface area contributed by atoms with Gasteiger partial charge in [0, 0.05) is 25.3 Å². The molecule has 1 atom stereocenters. The molecule has 1 aromatic heterocycles. The molecule has 162 valence electrons. The van der Waals surface area contributed by atoms with Crippen LogP contribution < -0.4 is 5.73 Å². The zero-order valence-corrected chi connectivity index (χ0v) is 17.7. The highest BCUT2D eigenvalue weighted by Crippen LogP contribution is 2.32. The fraction of sp³-hybridized carbons (Fsp3) is 0.636. The van der Waals surface area contributed by atoms with E-state index in [1.807, 2.05) is 36.2 Å². The quantitative estimate of drug-likeness (QED) is 0.689. The van der Waals surface area contributed by atoms with Crippen molar-refractivity contribution in [2.75, 3.05) is 13.7 Å². The first-order chi connectivity index (χ1) is 14.6. The number of likely N-dealkylation sites (N-methyl/N-ethyl adjacent to an activating group) is 1. The first-order valence-electron chi connectivity index (χ1n) is 11.0. The molecule has 0 bridgehead atoms. The van der Waals surface area contributed by atoms with Crippen LogP contribution in [0.2, 0.25) is 0 Å². The van der Waals surface area contributed by atoms with E-state index in [0.29, 0.717) is 30.3 Å². The average Bonchev–Trinajstić information content (AvgIpc) is 3.27. The van der Waals surface area contributed by atoms with Crippen LogP contribution in [0.3, 0.4) is 0 Å². The van der Waals surface area contributed by atoms with E-state index in [-0.39, 0.29) is 11.9 Å². The molecule has 0 aliphatic heterocycles. The third kappa shape index (κ3) is 4.87. The molecule has 2 aliphatic rings. The summed E-state index contributed by atoms with van der Waals surface area (Å²) in [5.74, 6) is 1.61. The summed E-state index contributed by atoms with van der Waals surface area (Å²) in [6.07, 6.45) is 7.63. The maximum atomic E-state index is 12.7. The van der Waals surface area contributed by atoms with Gasteiger partial charge in [0.15, 0.2) is 5.82 Å². The minimum atomic E-state index is -0.356. The molecule has 3 N–H and O–H groups in total. The lowest BCUT2D eigenvalue weighted by Gasteiger charge is -2.38. The van der Waals surface area contributed by atoms with Crippen molar-refractivity contribution in [3.05, 3.63) is 29.8 Å². The number of nitrogens with zero attached hydrogens (tertiary/aromatic N) is 4. The second-order valence-electron chi connectivity index (χ2n) is 8.81. The number of aromatic amines is 1. The van der Waals surface area contributed by atoms with Gasteiger partial charge in [0.05, 0.1) is 12.6 Å². The van der Waals surface area contributed by atoms with Crippen LogP contribution in [0.4, 0.5) is 0 Å². The molecule has 0 spiro atoms. The Hall–Kier alpha value is -2.32. The van der Waals surface area contributed by atoms with Gasteiger partial charge < -0.3 is 15.4 Å². The molecule has 0 radical (unpaired) electrons. The number of nitrogens with two attached hydrogens (primary N) is 1. The van der Waals surface area contributed by atoms with E-state index in [4.69, 9.17) is 10.5 Å². The Kier molecular flexibility index (Phi) is 6.74. The normalized spacial score (nSPS) is 23.0. The first kappa shape index (κ1) is 20.9. The van der Waals surface area contributed by atoms with Crippen molar-refractivity contribution >= 4 is 5.91 Å². The van der Waals surface area contributed by atoms with Crippen molar-refractivity contribution in [2.45, 2.75) is 63.6 Å². The van der Waals surface area contributed by atoms with Gasteiger partial charge in [0.25, 0.3) is 0 Å². The molecule has 2 aromatic rings. The number of nitrogens with one attached hydrogen (secondary N) is 1. The van der Waals surface area contributed by atoms with Gasteiger partial charge in [0.2, 0.25) is 5.91 Å². The van der Waals surface area contributed by atoms with Gasteiger partial charge in [-0.15, -0.1) is 5.10 Å². The number of H-pyrrole nitrogens is 1. The number of rotatable bonds is 8. The molecule has 2 saturated carbocycles. The summed E-state index contributed by atoms with van der Waals surface area (Å²) in [6, 6.07) is 8.11. The van der Waals surface area contributed by atoms with E-state index < -0.39 is 0 Å². The largest absolute Gasteiger partial charge is 0.376 e. The number of amides is 1. The molecule has 8 heteroatoms. The molecule has 0 unspecified atom stereocenters. The maximum absolute atomic E-state index is 12.7. The molecule has 8 nitrogen and oxygen atoms in total. The van der Waals surface area contributed by atoms with Crippen LogP contribution in [-0.4, -0.2) is 57.2 Å². The number of carbonyl (C=O) groups excluding carboxylic acids is 1. The first-order valence-corrected chi connectivity index (χ1v) is 11.0. The van der Waals surface area contributed by atoms with E-state index in [2.05, 4.69) is 20.6 Å². The van der Waals surface area contributed by atoms with Crippen LogP contribution in [0.15, 0.2) is 24.3 Å². The zero-order chi connectivity index (χ0) is 20.9. The number of aromatic nitrogens is 4. The summed E-state index contributed by atoms with van der Waals surface area (Å²) in [7, 11) is 1.92. The predicted octanol–water partition coefficient (Wildman–Crippen LogP) is 2.53. The molecule has 30 heavy (non-hydrogen) atoms. The molecule has 2 aliphatic carbocycles. The van der Waals surface area contributed by atoms with Gasteiger partial charge >= 0.3 is 0 Å². The van der Waals surface area contributed by atoms with Crippen LogP contribution >= 0.6 is 0 Å². The summed E-state index contributed by atoms with van der Waals surface area (Å²) >= 11 is 0. The Morgan fingerprint density at radius 1 is 1.27 bits per heavy atom. The summed E-state index contributed by atoms with van der Waals surface area (Å²) in [5.41, 5.74) is 8.40. The highest BCUT2D eigenvalue weighted by atomic mass is 16.5. The average molecular weight is 413 g/mol. The van der Waals surface area contributed by atoms with E-state index in [1.165, 1.54) is 6.42 Å². The molecule has 0 saturated heterocycles. The van der Waals surface area contributed by atoms with Crippen LogP contribution in [0.25, 0.3) is 11.4 Å². The third-order valence-corrected chi connectivity index (χ3v) is 6.82. The molecule has 1 aromatic carbocycles. The van der Waals surface area contributed by atoms with Crippen LogP contribution in [-0.2, 0) is 16.1 Å². The number of tetrazole rings is 1. The predicted molar refractivity (Wildman–Crippen MR) is 113 cm³/mol. The Morgan fingerprint density at radius 3 is 2.73 bits per heavy atom. The fourth-order valence-corrected chi connectivity index (χ4v) is 4.54. The minimum Gasteiger partial charge on any atom is -0.376 e. The topological polar surface area (TPSA) is 110 Å². The third-order valence-electron chi connectivity index (χ3n) is 6.82.